The van der Waals surface area contributed by atoms with Gasteiger partial charge in [0.15, 0.2) is 0 Å². The van der Waals surface area contributed by atoms with E-state index in [1.165, 1.54) is 0 Å². The summed E-state index contributed by atoms with van der Waals surface area (Å²) in [6.45, 7) is 0.931. The number of nitrogens with zero attached hydrogens (tertiary/aromatic N) is 2. The first-order valence-electron chi connectivity index (χ1n) is 7.96. The molecule has 1 aromatic rings. The molecule has 2 aliphatic heterocycles. The molecule has 2 aliphatic rings. The van der Waals surface area contributed by atoms with Gasteiger partial charge in [-0.05, 0) is 24.3 Å². The van der Waals surface area contributed by atoms with E-state index in [1.54, 1.807) is 16.7 Å². The van der Waals surface area contributed by atoms with E-state index in [1.807, 2.05) is 24.3 Å². The van der Waals surface area contributed by atoms with Crippen LogP contribution in [0.15, 0.2) is 24.3 Å². The fourth-order valence-corrected chi connectivity index (χ4v) is 4.16. The second kappa shape index (κ2) is 7.14. The molecule has 24 heavy (non-hydrogen) atoms. The average Bonchev–Trinajstić information content (AvgIpc) is 3.08. The topological polar surface area (TPSA) is 82.4 Å². The predicted octanol–water partition coefficient (Wildman–Crippen LogP) is 1.71. The molecule has 126 valence electrons. The van der Waals surface area contributed by atoms with E-state index in [-0.39, 0.29) is 24.7 Å². The maximum Gasteiger partial charge on any atom is 0.227 e. The van der Waals surface area contributed by atoms with Crippen LogP contribution in [0, 0.1) is 11.3 Å². The van der Waals surface area contributed by atoms with Crippen LogP contribution >= 0.6 is 11.8 Å². The van der Waals surface area contributed by atoms with Crippen LogP contribution in [-0.2, 0) is 9.59 Å². The molecule has 0 spiro atoms. The molecule has 1 saturated heterocycles. The lowest BCUT2D eigenvalue weighted by atomic mass is 10.0. The number of benzene rings is 1. The number of carbonyl (C=O) groups excluding carboxylic acids is 2. The highest BCUT2D eigenvalue weighted by molar-refractivity contribution is 7.99. The molecular formula is C17H19N3O3S. The number of anilines is 1. The number of nitrogens with one attached hydrogen (secondary N) is 1. The van der Waals surface area contributed by atoms with E-state index in [9.17, 15) is 14.9 Å². The molecule has 2 heterocycles. The summed E-state index contributed by atoms with van der Waals surface area (Å²) in [5.41, 5.74) is -0.0223. The van der Waals surface area contributed by atoms with E-state index in [0.29, 0.717) is 31.1 Å². The third-order valence-corrected chi connectivity index (χ3v) is 5.40. The van der Waals surface area contributed by atoms with Crippen molar-refractivity contribution in [2.24, 2.45) is 0 Å². The Hall–Kier alpha value is -2.20. The van der Waals surface area contributed by atoms with Gasteiger partial charge in [0.2, 0.25) is 11.8 Å². The van der Waals surface area contributed by atoms with Crippen molar-refractivity contribution in [1.29, 1.82) is 5.26 Å². The predicted molar refractivity (Wildman–Crippen MR) is 92.0 cm³/mol. The second-order valence-corrected chi connectivity index (χ2v) is 7.01. The highest BCUT2D eigenvalue weighted by Gasteiger charge is 2.36. The molecule has 2 amide bonds. The minimum absolute atomic E-state index is 0.0897. The van der Waals surface area contributed by atoms with Crippen molar-refractivity contribution in [1.82, 2.24) is 5.32 Å². The average molecular weight is 345 g/mol. The lowest BCUT2D eigenvalue weighted by Gasteiger charge is -2.29. The Balaban J connectivity index is 1.56. The van der Waals surface area contributed by atoms with Gasteiger partial charge < -0.3 is 15.0 Å². The summed E-state index contributed by atoms with van der Waals surface area (Å²) in [6, 6.07) is 9.60. The van der Waals surface area contributed by atoms with Crippen LogP contribution in [0.3, 0.4) is 0 Å². The zero-order valence-corrected chi connectivity index (χ0v) is 14.1. The monoisotopic (exact) mass is 345 g/mol. The maximum atomic E-state index is 12.5. The molecule has 1 fully saturated rings. The lowest BCUT2D eigenvalue weighted by Crippen LogP contribution is -2.47. The number of nitriles is 1. The van der Waals surface area contributed by atoms with E-state index in [2.05, 4.69) is 11.4 Å². The molecule has 1 aromatic carbocycles. The van der Waals surface area contributed by atoms with Gasteiger partial charge in [-0.25, -0.2) is 0 Å². The number of hydrogen-bond acceptors (Lipinski definition) is 5. The molecule has 3 rings (SSSR count). The smallest absolute Gasteiger partial charge is 0.227 e. The van der Waals surface area contributed by atoms with Gasteiger partial charge in [0.05, 0.1) is 18.3 Å². The van der Waals surface area contributed by atoms with Crippen molar-refractivity contribution in [3.63, 3.8) is 0 Å². The Morgan fingerprint density at radius 3 is 2.96 bits per heavy atom. The zero-order valence-electron chi connectivity index (χ0n) is 13.3. The van der Waals surface area contributed by atoms with E-state index in [0.717, 1.165) is 11.4 Å². The SMILES string of the molecule is N#CC1(NC(=O)CCC(=O)N2CCOc3ccccc32)CCSC1. The van der Waals surface area contributed by atoms with E-state index < -0.39 is 5.54 Å². The largest absolute Gasteiger partial charge is 0.490 e. The number of thioether (sulfide) groups is 1. The number of rotatable bonds is 4. The van der Waals surface area contributed by atoms with Crippen molar-refractivity contribution >= 4 is 29.3 Å². The summed E-state index contributed by atoms with van der Waals surface area (Å²) in [7, 11) is 0. The number of carbonyl (C=O) groups is 2. The van der Waals surface area contributed by atoms with E-state index >= 15 is 0 Å². The Morgan fingerprint density at radius 1 is 1.38 bits per heavy atom. The molecule has 0 aromatic heterocycles. The van der Waals surface area contributed by atoms with Gasteiger partial charge in [0, 0.05) is 18.6 Å². The number of amides is 2. The summed E-state index contributed by atoms with van der Waals surface area (Å²) in [6.07, 6.45) is 0.867. The molecule has 1 atom stereocenters. The van der Waals surface area contributed by atoms with Gasteiger partial charge in [-0.3, -0.25) is 9.59 Å². The number of hydrogen-bond donors (Lipinski definition) is 1. The van der Waals surface area contributed by atoms with Gasteiger partial charge in [0.1, 0.15) is 17.9 Å². The van der Waals surface area contributed by atoms with Crippen molar-refractivity contribution in [2.75, 3.05) is 29.6 Å². The van der Waals surface area contributed by atoms with Crippen molar-refractivity contribution in [3.8, 4) is 11.8 Å². The molecule has 0 bridgehead atoms. The highest BCUT2D eigenvalue weighted by Crippen LogP contribution is 2.31. The molecule has 0 saturated carbocycles. The van der Waals surface area contributed by atoms with Gasteiger partial charge in [0.25, 0.3) is 0 Å². The Kier molecular flexibility index (Phi) is 4.95. The van der Waals surface area contributed by atoms with Crippen LogP contribution in [0.25, 0.3) is 0 Å². The third kappa shape index (κ3) is 3.49. The highest BCUT2D eigenvalue weighted by atomic mass is 32.2. The minimum atomic E-state index is -0.767. The summed E-state index contributed by atoms with van der Waals surface area (Å²) in [4.78, 5) is 26.3. The molecule has 1 unspecified atom stereocenters. The van der Waals surface area contributed by atoms with Crippen LogP contribution < -0.4 is 15.0 Å². The van der Waals surface area contributed by atoms with Gasteiger partial charge in [-0.1, -0.05) is 12.1 Å². The number of ether oxygens (including phenoxy) is 1. The summed E-state index contributed by atoms with van der Waals surface area (Å²) < 4.78 is 5.53. The summed E-state index contributed by atoms with van der Waals surface area (Å²) in [5.74, 6) is 1.83. The normalized spacial score (nSPS) is 22.2. The maximum absolute atomic E-state index is 12.5. The molecule has 7 heteroatoms. The minimum Gasteiger partial charge on any atom is -0.490 e. The Bertz CT molecular complexity index is 680. The first-order chi connectivity index (χ1) is 11.6. The summed E-state index contributed by atoms with van der Waals surface area (Å²) >= 11 is 1.66. The van der Waals surface area contributed by atoms with Crippen molar-refractivity contribution < 1.29 is 14.3 Å². The number of para-hydroxylation sites is 2. The molecule has 0 radical (unpaired) electrons. The van der Waals surface area contributed by atoms with Crippen LogP contribution in [0.1, 0.15) is 19.3 Å². The van der Waals surface area contributed by atoms with Gasteiger partial charge in [-0.2, -0.15) is 17.0 Å². The number of fused-ring (bicyclic) bond motifs is 1. The summed E-state index contributed by atoms with van der Waals surface area (Å²) in [5, 5.41) is 12.1. The van der Waals surface area contributed by atoms with Crippen LogP contribution in [0.2, 0.25) is 0 Å². The standard InChI is InChI=1S/C17H19N3O3S/c18-11-17(7-10-24-12-17)19-15(21)5-6-16(22)20-8-9-23-14-4-2-1-3-13(14)20/h1-4H,5-10,12H2,(H,19,21). The molecule has 6 nitrogen and oxygen atoms in total. The van der Waals surface area contributed by atoms with Crippen LogP contribution in [0.4, 0.5) is 5.69 Å². The molecular weight excluding hydrogens is 326 g/mol. The Morgan fingerprint density at radius 2 is 2.21 bits per heavy atom. The van der Waals surface area contributed by atoms with Crippen molar-refractivity contribution in [3.05, 3.63) is 24.3 Å². The zero-order chi connectivity index (χ0) is 17.0. The van der Waals surface area contributed by atoms with Crippen LogP contribution in [0.5, 0.6) is 5.75 Å². The lowest BCUT2D eigenvalue weighted by molar-refractivity contribution is -0.126. The second-order valence-electron chi connectivity index (χ2n) is 5.91. The molecule has 0 aliphatic carbocycles. The fraction of sp³-hybridized carbons (Fsp3) is 0.471. The van der Waals surface area contributed by atoms with E-state index in [4.69, 9.17) is 4.74 Å². The van der Waals surface area contributed by atoms with Gasteiger partial charge >= 0.3 is 0 Å². The van der Waals surface area contributed by atoms with Crippen molar-refractivity contribution in [2.45, 2.75) is 24.8 Å². The first-order valence-corrected chi connectivity index (χ1v) is 9.11. The first kappa shape index (κ1) is 16.7. The fourth-order valence-electron chi connectivity index (χ4n) is 2.89. The quantitative estimate of drug-likeness (QED) is 0.898. The molecule has 1 N–H and O–H groups in total. The van der Waals surface area contributed by atoms with Crippen LogP contribution in [-0.4, -0.2) is 42.0 Å². The third-order valence-electron chi connectivity index (χ3n) is 4.21. The van der Waals surface area contributed by atoms with Gasteiger partial charge in [-0.15, -0.1) is 0 Å². The Labute approximate surface area is 145 Å².